The van der Waals surface area contributed by atoms with Crippen LogP contribution in [0, 0.1) is 0 Å². The Morgan fingerprint density at radius 3 is 3.00 bits per heavy atom. The number of Topliss-reactive ketones (excluding diaryl/α,β-unsaturated/α-hetero) is 1. The van der Waals surface area contributed by atoms with Gasteiger partial charge in [0.25, 0.3) is 0 Å². The van der Waals surface area contributed by atoms with E-state index in [4.69, 9.17) is 0 Å². The summed E-state index contributed by atoms with van der Waals surface area (Å²) in [6, 6.07) is 7.91. The van der Waals surface area contributed by atoms with E-state index in [9.17, 15) is 4.79 Å². The molecule has 0 bridgehead atoms. The van der Waals surface area contributed by atoms with Gasteiger partial charge in [-0.2, -0.15) is 0 Å². The Kier molecular flexibility index (Phi) is 3.06. The third-order valence-electron chi connectivity index (χ3n) is 2.06. The van der Waals surface area contributed by atoms with Crippen molar-refractivity contribution in [2.75, 3.05) is 5.75 Å². The first-order valence-electron chi connectivity index (χ1n) is 4.83. The van der Waals surface area contributed by atoms with E-state index in [1.165, 1.54) is 0 Å². The Morgan fingerprint density at radius 1 is 1.47 bits per heavy atom. The van der Waals surface area contributed by atoms with Gasteiger partial charge in [-0.25, -0.2) is 4.98 Å². The van der Waals surface area contributed by atoms with Gasteiger partial charge in [0.1, 0.15) is 5.78 Å². The number of carbonyl (C=O) groups is 1. The van der Waals surface area contributed by atoms with Crippen LogP contribution in [-0.2, 0) is 4.79 Å². The number of thioether (sulfide) groups is 1. The molecule has 0 atom stereocenters. The standard InChI is InChI=1S/C11H12N2OS/c1-8(14)6-7-15-11-12-9-4-2-3-5-10(9)13-11/h2-5H,6-7H2,1H3,(H,12,13). The van der Waals surface area contributed by atoms with Crippen molar-refractivity contribution >= 4 is 28.6 Å². The number of aromatic nitrogens is 2. The van der Waals surface area contributed by atoms with Crippen LogP contribution in [0.2, 0.25) is 0 Å². The summed E-state index contributed by atoms with van der Waals surface area (Å²) in [5.41, 5.74) is 2.02. The van der Waals surface area contributed by atoms with Crippen LogP contribution in [0.4, 0.5) is 0 Å². The fourth-order valence-electron chi connectivity index (χ4n) is 1.29. The highest BCUT2D eigenvalue weighted by Crippen LogP contribution is 2.19. The maximum Gasteiger partial charge on any atom is 0.166 e. The number of ketones is 1. The van der Waals surface area contributed by atoms with Gasteiger partial charge in [-0.15, -0.1) is 0 Å². The number of nitrogens with zero attached hydrogens (tertiary/aromatic N) is 1. The summed E-state index contributed by atoms with van der Waals surface area (Å²) in [6.07, 6.45) is 0.599. The van der Waals surface area contributed by atoms with Crippen molar-refractivity contribution in [1.82, 2.24) is 9.97 Å². The molecule has 0 aliphatic heterocycles. The molecule has 15 heavy (non-hydrogen) atoms. The topological polar surface area (TPSA) is 45.8 Å². The second-order valence-corrected chi connectivity index (χ2v) is 4.44. The lowest BCUT2D eigenvalue weighted by atomic mass is 10.3. The summed E-state index contributed by atoms with van der Waals surface area (Å²) in [7, 11) is 0. The van der Waals surface area contributed by atoms with Gasteiger partial charge in [0, 0.05) is 12.2 Å². The Morgan fingerprint density at radius 2 is 2.27 bits per heavy atom. The van der Waals surface area contributed by atoms with Crippen LogP contribution in [0.3, 0.4) is 0 Å². The molecule has 0 unspecified atom stereocenters. The number of nitrogens with one attached hydrogen (secondary N) is 1. The number of hydrogen-bond donors (Lipinski definition) is 1. The molecule has 0 saturated heterocycles. The molecule has 3 nitrogen and oxygen atoms in total. The van der Waals surface area contributed by atoms with Crippen molar-refractivity contribution in [3.05, 3.63) is 24.3 Å². The average molecular weight is 220 g/mol. The lowest BCUT2D eigenvalue weighted by Gasteiger charge is -1.93. The van der Waals surface area contributed by atoms with Gasteiger partial charge in [0.05, 0.1) is 11.0 Å². The number of imidazole rings is 1. The van der Waals surface area contributed by atoms with Gasteiger partial charge in [-0.3, -0.25) is 4.79 Å². The molecule has 0 amide bonds. The first-order chi connectivity index (χ1) is 7.25. The second-order valence-electron chi connectivity index (χ2n) is 3.36. The molecule has 0 saturated carbocycles. The number of rotatable bonds is 4. The van der Waals surface area contributed by atoms with Gasteiger partial charge >= 0.3 is 0 Å². The fourth-order valence-corrected chi connectivity index (χ4v) is 2.22. The minimum atomic E-state index is 0.221. The Hall–Kier alpha value is -1.29. The number of benzene rings is 1. The van der Waals surface area contributed by atoms with Crippen LogP contribution in [0.5, 0.6) is 0 Å². The van der Waals surface area contributed by atoms with Crippen molar-refractivity contribution < 1.29 is 4.79 Å². The zero-order valence-corrected chi connectivity index (χ0v) is 9.30. The van der Waals surface area contributed by atoms with E-state index in [2.05, 4.69) is 9.97 Å². The molecule has 0 aliphatic carbocycles. The lowest BCUT2D eigenvalue weighted by Crippen LogP contribution is -1.91. The number of fused-ring (bicyclic) bond motifs is 1. The first-order valence-corrected chi connectivity index (χ1v) is 5.81. The molecule has 1 heterocycles. The van der Waals surface area contributed by atoms with Gasteiger partial charge in [-0.1, -0.05) is 23.9 Å². The van der Waals surface area contributed by atoms with Crippen molar-refractivity contribution in [2.45, 2.75) is 18.5 Å². The highest BCUT2D eigenvalue weighted by Gasteiger charge is 2.02. The third kappa shape index (κ3) is 2.59. The Bertz CT molecular complexity index is 445. The SMILES string of the molecule is CC(=O)CCSc1nc2ccccc2[nH]1. The predicted octanol–water partition coefficient (Wildman–Crippen LogP) is 2.63. The summed E-state index contributed by atoms with van der Waals surface area (Å²) < 4.78 is 0. The van der Waals surface area contributed by atoms with Gasteiger partial charge in [-0.05, 0) is 19.1 Å². The van der Waals surface area contributed by atoms with E-state index >= 15 is 0 Å². The number of H-pyrrole nitrogens is 1. The normalized spacial score (nSPS) is 10.7. The van der Waals surface area contributed by atoms with E-state index in [0.717, 1.165) is 21.9 Å². The molecule has 0 aliphatic rings. The third-order valence-corrected chi connectivity index (χ3v) is 2.94. The van der Waals surface area contributed by atoms with Crippen LogP contribution in [-0.4, -0.2) is 21.5 Å². The first kappa shape index (κ1) is 10.2. The quantitative estimate of drug-likeness (QED) is 0.806. The molecule has 1 aromatic heterocycles. The predicted molar refractivity (Wildman–Crippen MR) is 62.1 cm³/mol. The molecule has 4 heteroatoms. The average Bonchev–Trinajstić information content (AvgIpc) is 2.59. The van der Waals surface area contributed by atoms with Gasteiger partial charge in [0.15, 0.2) is 5.16 Å². The van der Waals surface area contributed by atoms with E-state index in [-0.39, 0.29) is 5.78 Å². The zero-order chi connectivity index (χ0) is 10.7. The molecular weight excluding hydrogens is 208 g/mol. The summed E-state index contributed by atoms with van der Waals surface area (Å²) in [6.45, 7) is 1.61. The highest BCUT2D eigenvalue weighted by molar-refractivity contribution is 7.99. The Balaban J connectivity index is 2.05. The molecule has 0 radical (unpaired) electrons. The minimum absolute atomic E-state index is 0.221. The van der Waals surface area contributed by atoms with Crippen LogP contribution in [0.1, 0.15) is 13.3 Å². The van der Waals surface area contributed by atoms with Crippen LogP contribution >= 0.6 is 11.8 Å². The second kappa shape index (κ2) is 4.49. The minimum Gasteiger partial charge on any atom is -0.333 e. The van der Waals surface area contributed by atoms with Crippen molar-refractivity contribution in [3.8, 4) is 0 Å². The molecule has 0 fully saturated rings. The molecular formula is C11H12N2OS. The summed E-state index contributed by atoms with van der Waals surface area (Å²) in [4.78, 5) is 18.4. The van der Waals surface area contributed by atoms with E-state index in [0.29, 0.717) is 6.42 Å². The zero-order valence-electron chi connectivity index (χ0n) is 8.49. The molecule has 0 spiro atoms. The molecule has 2 rings (SSSR count). The molecule has 78 valence electrons. The summed E-state index contributed by atoms with van der Waals surface area (Å²) in [5.74, 6) is 1.01. The highest BCUT2D eigenvalue weighted by atomic mass is 32.2. The number of carbonyl (C=O) groups excluding carboxylic acids is 1. The van der Waals surface area contributed by atoms with Crippen LogP contribution in [0.25, 0.3) is 11.0 Å². The number of para-hydroxylation sites is 2. The van der Waals surface area contributed by atoms with Crippen molar-refractivity contribution in [2.24, 2.45) is 0 Å². The monoisotopic (exact) mass is 220 g/mol. The van der Waals surface area contributed by atoms with E-state index in [1.54, 1.807) is 18.7 Å². The number of aromatic amines is 1. The maximum atomic E-state index is 10.8. The van der Waals surface area contributed by atoms with E-state index in [1.807, 2.05) is 24.3 Å². The van der Waals surface area contributed by atoms with E-state index < -0.39 is 0 Å². The molecule has 1 N–H and O–H groups in total. The maximum absolute atomic E-state index is 10.8. The number of hydrogen-bond acceptors (Lipinski definition) is 3. The van der Waals surface area contributed by atoms with Crippen molar-refractivity contribution in [3.63, 3.8) is 0 Å². The Labute approximate surface area is 92.3 Å². The van der Waals surface area contributed by atoms with Gasteiger partial charge < -0.3 is 4.98 Å². The summed E-state index contributed by atoms with van der Waals surface area (Å²) >= 11 is 1.59. The molecule has 2 aromatic rings. The largest absolute Gasteiger partial charge is 0.333 e. The smallest absolute Gasteiger partial charge is 0.166 e. The molecule has 1 aromatic carbocycles. The lowest BCUT2D eigenvalue weighted by molar-refractivity contribution is -0.116. The van der Waals surface area contributed by atoms with Crippen molar-refractivity contribution in [1.29, 1.82) is 0 Å². The fraction of sp³-hybridized carbons (Fsp3) is 0.273. The van der Waals surface area contributed by atoms with Crippen LogP contribution < -0.4 is 0 Å². The summed E-state index contributed by atoms with van der Waals surface area (Å²) in [5, 5.41) is 0.887. The van der Waals surface area contributed by atoms with Gasteiger partial charge in [0.2, 0.25) is 0 Å². The van der Waals surface area contributed by atoms with Crippen LogP contribution in [0.15, 0.2) is 29.4 Å².